The molecule has 0 heterocycles. The fraction of sp³-hybridized carbons (Fsp3) is 0.500. The van der Waals surface area contributed by atoms with E-state index in [-0.39, 0.29) is 17.6 Å². The maximum Gasteiger partial charge on any atom is 0.179 e. The minimum Gasteiger partial charge on any atom is -0.320 e. The summed E-state index contributed by atoms with van der Waals surface area (Å²) in [6.45, 7) is 3.67. The van der Waals surface area contributed by atoms with Gasteiger partial charge in [-0.2, -0.15) is 0 Å². The molecule has 0 aliphatic carbocycles. The Kier molecular flexibility index (Phi) is 5.95. The molecule has 3 nitrogen and oxygen atoms in total. The van der Waals surface area contributed by atoms with E-state index >= 15 is 0 Å². The van der Waals surface area contributed by atoms with Crippen molar-refractivity contribution < 1.29 is 9.18 Å². The molecule has 0 aliphatic rings. The van der Waals surface area contributed by atoms with Crippen LogP contribution in [0.25, 0.3) is 0 Å². The largest absolute Gasteiger partial charge is 0.320 e. The van der Waals surface area contributed by atoms with Gasteiger partial charge in [-0.15, -0.1) is 0 Å². The minimum absolute atomic E-state index is 0.0296. The zero-order valence-corrected chi connectivity index (χ0v) is 11.2. The van der Waals surface area contributed by atoms with Crippen LogP contribution in [-0.4, -0.2) is 43.9 Å². The summed E-state index contributed by atoms with van der Waals surface area (Å²) in [6.07, 6.45) is 0.994. The first kappa shape index (κ1) is 14.8. The quantitative estimate of drug-likeness (QED) is 0.594. The monoisotopic (exact) mass is 252 g/mol. The van der Waals surface area contributed by atoms with Gasteiger partial charge in [0.2, 0.25) is 0 Å². The van der Waals surface area contributed by atoms with Crippen LogP contribution in [0.4, 0.5) is 4.39 Å². The van der Waals surface area contributed by atoms with Crippen molar-refractivity contribution in [2.75, 3.05) is 27.2 Å². The van der Waals surface area contributed by atoms with Crippen molar-refractivity contribution >= 4 is 5.78 Å². The Morgan fingerprint density at radius 1 is 1.39 bits per heavy atom. The van der Waals surface area contributed by atoms with Crippen LogP contribution in [0.5, 0.6) is 0 Å². The molecule has 1 atom stereocenters. The number of benzene rings is 1. The number of rotatable bonds is 7. The summed E-state index contributed by atoms with van der Waals surface area (Å²) >= 11 is 0. The molecule has 0 saturated carbocycles. The second-order valence-electron chi connectivity index (χ2n) is 4.48. The molecule has 1 aromatic rings. The molecule has 1 aromatic carbocycles. The van der Waals surface area contributed by atoms with Gasteiger partial charge in [-0.3, -0.25) is 9.69 Å². The Morgan fingerprint density at radius 3 is 2.56 bits per heavy atom. The average Bonchev–Trinajstić information content (AvgIpc) is 2.38. The van der Waals surface area contributed by atoms with E-state index in [1.807, 2.05) is 25.9 Å². The van der Waals surface area contributed by atoms with Gasteiger partial charge in [0.1, 0.15) is 5.82 Å². The van der Waals surface area contributed by atoms with E-state index in [9.17, 15) is 9.18 Å². The lowest BCUT2D eigenvalue weighted by Crippen LogP contribution is -2.37. The molecule has 1 N–H and O–H groups in total. The lowest BCUT2D eigenvalue weighted by Gasteiger charge is -2.23. The molecule has 0 bridgehead atoms. The van der Waals surface area contributed by atoms with E-state index in [0.29, 0.717) is 5.56 Å². The normalized spacial score (nSPS) is 12.7. The Bertz CT molecular complexity index is 378. The number of ketones is 1. The topological polar surface area (TPSA) is 32.3 Å². The molecular weight excluding hydrogens is 231 g/mol. The van der Waals surface area contributed by atoms with Crippen LogP contribution in [0.2, 0.25) is 0 Å². The SMILES string of the molecule is CNCCCN(C)C(C)C(=O)c1ccc(F)cc1. The number of likely N-dealkylation sites (N-methyl/N-ethyl adjacent to an activating group) is 1. The van der Waals surface area contributed by atoms with Crippen LogP contribution < -0.4 is 5.32 Å². The highest BCUT2D eigenvalue weighted by molar-refractivity contribution is 5.99. The fourth-order valence-electron chi connectivity index (χ4n) is 1.75. The summed E-state index contributed by atoms with van der Waals surface area (Å²) in [4.78, 5) is 14.2. The van der Waals surface area contributed by atoms with Gasteiger partial charge in [0, 0.05) is 5.56 Å². The summed E-state index contributed by atoms with van der Waals surface area (Å²) in [6, 6.07) is 5.53. The summed E-state index contributed by atoms with van der Waals surface area (Å²) in [5.74, 6) is -0.288. The molecule has 0 fully saturated rings. The summed E-state index contributed by atoms with van der Waals surface area (Å²) < 4.78 is 12.8. The molecule has 1 rings (SSSR count). The van der Waals surface area contributed by atoms with Crippen molar-refractivity contribution in [3.8, 4) is 0 Å². The van der Waals surface area contributed by atoms with Gasteiger partial charge in [-0.1, -0.05) is 0 Å². The molecule has 0 saturated heterocycles. The molecule has 0 amide bonds. The molecule has 0 spiro atoms. The maximum absolute atomic E-state index is 12.8. The second kappa shape index (κ2) is 7.24. The number of halogens is 1. The predicted octanol–water partition coefficient (Wildman–Crippen LogP) is 1.94. The molecule has 18 heavy (non-hydrogen) atoms. The molecule has 0 aromatic heterocycles. The highest BCUT2D eigenvalue weighted by Crippen LogP contribution is 2.09. The third-order valence-electron chi connectivity index (χ3n) is 3.11. The lowest BCUT2D eigenvalue weighted by molar-refractivity contribution is 0.0868. The van der Waals surface area contributed by atoms with Crippen LogP contribution in [0.15, 0.2) is 24.3 Å². The highest BCUT2D eigenvalue weighted by atomic mass is 19.1. The Hall–Kier alpha value is -1.26. The third-order valence-corrected chi connectivity index (χ3v) is 3.11. The summed E-state index contributed by atoms with van der Waals surface area (Å²) in [7, 11) is 3.84. The lowest BCUT2D eigenvalue weighted by atomic mass is 10.0. The predicted molar refractivity (Wildman–Crippen MR) is 71.4 cm³/mol. The molecule has 4 heteroatoms. The molecule has 0 aliphatic heterocycles. The van der Waals surface area contributed by atoms with Gasteiger partial charge in [0.15, 0.2) is 5.78 Å². The molecule has 0 radical (unpaired) electrons. The molecular formula is C14H21FN2O. The highest BCUT2D eigenvalue weighted by Gasteiger charge is 2.19. The van der Waals surface area contributed by atoms with Gasteiger partial charge >= 0.3 is 0 Å². The van der Waals surface area contributed by atoms with Crippen LogP contribution in [-0.2, 0) is 0 Å². The number of carbonyl (C=O) groups excluding carboxylic acids is 1. The standard InChI is InChI=1S/C14H21FN2O/c1-11(17(3)10-4-9-16-2)14(18)12-5-7-13(15)8-6-12/h5-8,11,16H,4,9-10H2,1-3H3. The number of hydrogen-bond donors (Lipinski definition) is 1. The van der Waals surface area contributed by atoms with E-state index in [4.69, 9.17) is 0 Å². The van der Waals surface area contributed by atoms with Crippen LogP contribution in [0.3, 0.4) is 0 Å². The van der Waals surface area contributed by atoms with Crippen LogP contribution in [0.1, 0.15) is 23.7 Å². The number of hydrogen-bond acceptors (Lipinski definition) is 3. The number of Topliss-reactive ketones (excluding diaryl/α,β-unsaturated/α-hetero) is 1. The number of nitrogens with zero attached hydrogens (tertiary/aromatic N) is 1. The smallest absolute Gasteiger partial charge is 0.179 e. The van der Waals surface area contributed by atoms with Gasteiger partial charge in [-0.05, 0) is 64.8 Å². The second-order valence-corrected chi connectivity index (χ2v) is 4.48. The van der Waals surface area contributed by atoms with E-state index in [0.717, 1.165) is 19.5 Å². The van der Waals surface area contributed by atoms with Crippen molar-refractivity contribution in [2.45, 2.75) is 19.4 Å². The fourth-order valence-corrected chi connectivity index (χ4v) is 1.75. The Balaban J connectivity index is 2.57. The Labute approximate surface area is 108 Å². The van der Waals surface area contributed by atoms with Crippen molar-refractivity contribution in [3.63, 3.8) is 0 Å². The van der Waals surface area contributed by atoms with Gasteiger partial charge in [0.25, 0.3) is 0 Å². The van der Waals surface area contributed by atoms with E-state index in [1.54, 1.807) is 0 Å². The van der Waals surface area contributed by atoms with Gasteiger partial charge < -0.3 is 5.32 Å². The zero-order chi connectivity index (χ0) is 13.5. The van der Waals surface area contributed by atoms with Gasteiger partial charge in [-0.25, -0.2) is 4.39 Å². The molecule has 100 valence electrons. The van der Waals surface area contributed by atoms with Crippen molar-refractivity contribution in [2.24, 2.45) is 0 Å². The first-order valence-electron chi connectivity index (χ1n) is 6.21. The first-order valence-corrected chi connectivity index (χ1v) is 6.21. The number of carbonyl (C=O) groups is 1. The number of nitrogens with one attached hydrogen (secondary N) is 1. The van der Waals surface area contributed by atoms with Gasteiger partial charge in [0.05, 0.1) is 6.04 Å². The Morgan fingerprint density at radius 2 is 2.00 bits per heavy atom. The van der Waals surface area contributed by atoms with E-state index in [1.165, 1.54) is 24.3 Å². The summed E-state index contributed by atoms with van der Waals surface area (Å²) in [5.41, 5.74) is 0.560. The summed E-state index contributed by atoms with van der Waals surface area (Å²) in [5, 5.41) is 3.08. The van der Waals surface area contributed by atoms with Crippen LogP contribution in [0, 0.1) is 5.82 Å². The van der Waals surface area contributed by atoms with Crippen molar-refractivity contribution in [1.82, 2.24) is 10.2 Å². The average molecular weight is 252 g/mol. The minimum atomic E-state index is -0.318. The zero-order valence-electron chi connectivity index (χ0n) is 11.2. The van der Waals surface area contributed by atoms with E-state index < -0.39 is 0 Å². The van der Waals surface area contributed by atoms with Crippen LogP contribution >= 0.6 is 0 Å². The van der Waals surface area contributed by atoms with E-state index in [2.05, 4.69) is 5.32 Å². The molecule has 1 unspecified atom stereocenters. The van der Waals surface area contributed by atoms with Crippen molar-refractivity contribution in [1.29, 1.82) is 0 Å². The first-order chi connectivity index (χ1) is 8.56. The van der Waals surface area contributed by atoms with Crippen molar-refractivity contribution in [3.05, 3.63) is 35.6 Å². The maximum atomic E-state index is 12.8. The third kappa shape index (κ3) is 4.20.